The van der Waals surface area contributed by atoms with Crippen LogP contribution in [-0.4, -0.2) is 110 Å². The molecule has 1 aliphatic rings. The molecule has 0 aromatic rings. The van der Waals surface area contributed by atoms with Crippen LogP contribution in [0.25, 0.3) is 0 Å². The van der Waals surface area contributed by atoms with Crippen LogP contribution in [0.5, 0.6) is 0 Å². The van der Waals surface area contributed by atoms with Crippen molar-refractivity contribution in [1.29, 1.82) is 0 Å². The number of ether oxygens (including phenoxy) is 2. The number of aliphatic hydroxyl groups is 7. The van der Waals surface area contributed by atoms with Gasteiger partial charge >= 0.3 is 0 Å². The zero-order valence-electron chi connectivity index (χ0n) is 28.8. The number of carbonyl (C=O) groups excluding carboxylic acids is 1. The lowest BCUT2D eigenvalue weighted by molar-refractivity contribution is -0.303. The smallest absolute Gasteiger partial charge is 0.249 e. The highest BCUT2D eigenvalue weighted by atomic mass is 16.7. The van der Waals surface area contributed by atoms with Gasteiger partial charge in [-0.25, -0.2) is 0 Å². The second-order valence-corrected chi connectivity index (χ2v) is 13.3. The number of hydrogen-bond acceptors (Lipinski definition) is 10. The maximum absolute atomic E-state index is 12.8. The Morgan fingerprint density at radius 3 is 1.63 bits per heavy atom. The first-order valence-electron chi connectivity index (χ1n) is 18.4. The molecule has 11 heteroatoms. The summed E-state index contributed by atoms with van der Waals surface area (Å²) in [5, 5.41) is 74.0. The standard InChI is InChI=1S/C35H69NO10/c1-3-5-7-8-9-10-11-12-13-14-15-16-17-18-19-20-21-23-28(39)34(44)36-26(30(40)27(38)22-6-4-2)25-45-35-33(43)32(42)31(41)29(24-37)46-35/h26-33,35,37-43H,3-25H2,1-2H3,(H,36,44). The molecule has 0 spiro atoms. The van der Waals surface area contributed by atoms with Crippen molar-refractivity contribution in [1.82, 2.24) is 5.32 Å². The van der Waals surface area contributed by atoms with Gasteiger partial charge in [0.25, 0.3) is 0 Å². The lowest BCUT2D eigenvalue weighted by Gasteiger charge is -2.40. The Labute approximate surface area is 278 Å². The third-order valence-electron chi connectivity index (χ3n) is 9.16. The molecule has 46 heavy (non-hydrogen) atoms. The quantitative estimate of drug-likeness (QED) is 0.0549. The second-order valence-electron chi connectivity index (χ2n) is 13.3. The molecule has 0 aromatic heterocycles. The molecule has 0 radical (unpaired) electrons. The molecular formula is C35H69NO10. The zero-order chi connectivity index (χ0) is 34.2. The Morgan fingerprint density at radius 1 is 0.674 bits per heavy atom. The van der Waals surface area contributed by atoms with E-state index in [0.29, 0.717) is 12.8 Å². The van der Waals surface area contributed by atoms with Gasteiger partial charge in [-0.2, -0.15) is 0 Å². The molecule has 0 bridgehead atoms. The van der Waals surface area contributed by atoms with E-state index in [1.165, 1.54) is 83.5 Å². The normalized spacial score (nSPS) is 24.4. The predicted molar refractivity (Wildman–Crippen MR) is 178 cm³/mol. The molecule has 0 saturated carbocycles. The fraction of sp³-hybridized carbons (Fsp3) is 0.971. The van der Waals surface area contributed by atoms with E-state index >= 15 is 0 Å². The van der Waals surface area contributed by atoms with Crippen LogP contribution in [0.1, 0.15) is 149 Å². The van der Waals surface area contributed by atoms with Crippen LogP contribution in [-0.2, 0) is 14.3 Å². The van der Waals surface area contributed by atoms with E-state index in [2.05, 4.69) is 12.2 Å². The summed E-state index contributed by atoms with van der Waals surface area (Å²) in [4.78, 5) is 12.8. The van der Waals surface area contributed by atoms with E-state index in [1.807, 2.05) is 6.92 Å². The lowest BCUT2D eigenvalue weighted by atomic mass is 9.99. The molecule has 274 valence electrons. The maximum Gasteiger partial charge on any atom is 0.249 e. The fourth-order valence-electron chi connectivity index (χ4n) is 5.95. The van der Waals surface area contributed by atoms with E-state index in [9.17, 15) is 40.5 Å². The highest BCUT2D eigenvalue weighted by Crippen LogP contribution is 2.23. The number of hydrogen-bond donors (Lipinski definition) is 8. The summed E-state index contributed by atoms with van der Waals surface area (Å²) < 4.78 is 10.9. The summed E-state index contributed by atoms with van der Waals surface area (Å²) in [6, 6.07) is -1.16. The van der Waals surface area contributed by atoms with E-state index in [4.69, 9.17) is 9.47 Å². The van der Waals surface area contributed by atoms with Gasteiger partial charge in [0.05, 0.1) is 25.4 Å². The number of aliphatic hydroxyl groups excluding tert-OH is 7. The molecule has 9 atom stereocenters. The van der Waals surface area contributed by atoms with Crippen LogP contribution in [0.4, 0.5) is 0 Å². The second kappa shape index (κ2) is 27.0. The van der Waals surface area contributed by atoms with Gasteiger partial charge in [0.2, 0.25) is 5.91 Å². The van der Waals surface area contributed by atoms with Crippen LogP contribution in [0, 0.1) is 0 Å². The molecular weight excluding hydrogens is 594 g/mol. The molecule has 1 rings (SSSR count). The maximum atomic E-state index is 12.8. The summed E-state index contributed by atoms with van der Waals surface area (Å²) >= 11 is 0. The van der Waals surface area contributed by atoms with Crippen molar-refractivity contribution in [2.75, 3.05) is 13.2 Å². The average molecular weight is 664 g/mol. The molecule has 9 unspecified atom stereocenters. The first-order valence-corrected chi connectivity index (χ1v) is 18.4. The van der Waals surface area contributed by atoms with Crippen molar-refractivity contribution in [3.63, 3.8) is 0 Å². The molecule has 0 aromatic carbocycles. The number of nitrogens with one attached hydrogen (secondary N) is 1. The Morgan fingerprint density at radius 2 is 1.15 bits per heavy atom. The van der Waals surface area contributed by atoms with Gasteiger partial charge in [0, 0.05) is 0 Å². The van der Waals surface area contributed by atoms with Gasteiger partial charge in [-0.1, -0.05) is 136 Å². The molecule has 1 amide bonds. The van der Waals surface area contributed by atoms with E-state index in [0.717, 1.165) is 25.7 Å². The number of amides is 1. The van der Waals surface area contributed by atoms with E-state index in [-0.39, 0.29) is 12.8 Å². The third-order valence-corrected chi connectivity index (χ3v) is 9.16. The van der Waals surface area contributed by atoms with Gasteiger partial charge in [-0.05, 0) is 12.8 Å². The third kappa shape index (κ3) is 18.0. The minimum absolute atomic E-state index is 0.263. The molecule has 11 nitrogen and oxygen atoms in total. The topological polar surface area (TPSA) is 189 Å². The first-order chi connectivity index (χ1) is 22.2. The lowest BCUT2D eigenvalue weighted by Crippen LogP contribution is -2.60. The summed E-state index contributed by atoms with van der Waals surface area (Å²) in [5.74, 6) is -0.708. The van der Waals surface area contributed by atoms with Gasteiger partial charge < -0.3 is 50.5 Å². The summed E-state index contributed by atoms with van der Waals surface area (Å²) in [6.45, 7) is 3.14. The molecule has 1 fully saturated rings. The van der Waals surface area contributed by atoms with E-state index < -0.39 is 74.2 Å². The molecule has 1 aliphatic heterocycles. The van der Waals surface area contributed by atoms with Gasteiger partial charge in [0.15, 0.2) is 6.29 Å². The Bertz CT molecular complexity index is 729. The zero-order valence-corrected chi connectivity index (χ0v) is 28.8. The molecule has 8 N–H and O–H groups in total. The Balaban J connectivity index is 2.33. The van der Waals surface area contributed by atoms with Gasteiger partial charge in [0.1, 0.15) is 36.6 Å². The van der Waals surface area contributed by atoms with Crippen molar-refractivity contribution in [3.05, 3.63) is 0 Å². The summed E-state index contributed by atoms with van der Waals surface area (Å²) in [7, 11) is 0. The monoisotopic (exact) mass is 663 g/mol. The highest BCUT2D eigenvalue weighted by molar-refractivity contribution is 5.80. The van der Waals surface area contributed by atoms with Crippen LogP contribution >= 0.6 is 0 Å². The van der Waals surface area contributed by atoms with Crippen molar-refractivity contribution in [2.24, 2.45) is 0 Å². The van der Waals surface area contributed by atoms with Crippen molar-refractivity contribution < 1.29 is 50.0 Å². The molecule has 0 aliphatic carbocycles. The Hall–Kier alpha value is -0.890. The van der Waals surface area contributed by atoms with Crippen molar-refractivity contribution in [3.8, 4) is 0 Å². The van der Waals surface area contributed by atoms with Crippen molar-refractivity contribution in [2.45, 2.75) is 204 Å². The van der Waals surface area contributed by atoms with E-state index in [1.54, 1.807) is 0 Å². The molecule has 1 heterocycles. The number of unbranched alkanes of at least 4 members (excludes halogenated alkanes) is 17. The van der Waals surface area contributed by atoms with Crippen LogP contribution in [0.2, 0.25) is 0 Å². The van der Waals surface area contributed by atoms with Gasteiger partial charge in [-0.3, -0.25) is 4.79 Å². The first kappa shape index (κ1) is 43.1. The fourth-order valence-corrected chi connectivity index (χ4v) is 5.95. The summed E-state index contributed by atoms with van der Waals surface area (Å²) in [5.41, 5.74) is 0. The van der Waals surface area contributed by atoms with Crippen LogP contribution < -0.4 is 5.32 Å². The average Bonchev–Trinajstić information content (AvgIpc) is 3.05. The van der Waals surface area contributed by atoms with Crippen molar-refractivity contribution >= 4 is 5.91 Å². The minimum atomic E-state index is -1.65. The largest absolute Gasteiger partial charge is 0.394 e. The predicted octanol–water partition coefficient (Wildman–Crippen LogP) is 3.60. The van der Waals surface area contributed by atoms with Crippen LogP contribution in [0.3, 0.4) is 0 Å². The van der Waals surface area contributed by atoms with Crippen LogP contribution in [0.15, 0.2) is 0 Å². The molecule has 1 saturated heterocycles. The number of rotatable bonds is 29. The summed E-state index contributed by atoms with van der Waals surface area (Å²) in [6.07, 6.45) is 11.7. The number of carbonyl (C=O) groups is 1. The Kier molecular flexibility index (Phi) is 25.3. The SMILES string of the molecule is CCCCCCCCCCCCCCCCCCCC(O)C(=O)NC(COC1OC(CO)C(O)C(O)C1O)C(O)C(O)CCCC. The minimum Gasteiger partial charge on any atom is -0.394 e. The highest BCUT2D eigenvalue weighted by Gasteiger charge is 2.44. The van der Waals surface area contributed by atoms with Gasteiger partial charge in [-0.15, -0.1) is 0 Å².